The van der Waals surface area contributed by atoms with Gasteiger partial charge in [-0.3, -0.25) is 0 Å². The molecule has 10 atom stereocenters. The van der Waals surface area contributed by atoms with Crippen molar-refractivity contribution in [3.8, 4) is 0 Å². The number of unbranched alkanes of at least 4 members (excludes halogenated alkanes) is 1. The van der Waals surface area contributed by atoms with Crippen LogP contribution in [0.3, 0.4) is 0 Å². The first-order valence-electron chi connectivity index (χ1n) is 18.5. The second kappa shape index (κ2) is 17.3. The third-order valence-electron chi connectivity index (χ3n) is 13.1. The Bertz CT molecular complexity index is 1270. The third-order valence-corrected chi connectivity index (χ3v) is 14.1. The van der Waals surface area contributed by atoms with E-state index in [0.29, 0.717) is 40.9 Å². The average Bonchev–Trinajstić information content (AvgIpc) is 3.45. The molecule has 0 bridgehead atoms. The van der Waals surface area contributed by atoms with Gasteiger partial charge in [0.2, 0.25) is 4.38 Å². The summed E-state index contributed by atoms with van der Waals surface area (Å²) < 4.78 is 39.8. The highest BCUT2D eigenvalue weighted by molar-refractivity contribution is 8.22. The molecule has 50 heavy (non-hydrogen) atoms. The molecule has 0 radical (unpaired) electrons. The van der Waals surface area contributed by atoms with Crippen LogP contribution in [0.25, 0.3) is 0 Å². The van der Waals surface area contributed by atoms with E-state index >= 15 is 0 Å². The molecule has 2 unspecified atom stereocenters. The Hall–Kier alpha value is -1.82. The second-order valence-corrected chi connectivity index (χ2v) is 17.3. The molecule has 3 fully saturated rings. The first-order chi connectivity index (χ1) is 23.7. The maximum absolute atomic E-state index is 12.6. The minimum absolute atomic E-state index is 0.144. The van der Waals surface area contributed by atoms with E-state index in [9.17, 15) is 9.59 Å². The van der Waals surface area contributed by atoms with Gasteiger partial charge in [0.1, 0.15) is 30.7 Å². The fourth-order valence-electron chi connectivity index (χ4n) is 10.1. The van der Waals surface area contributed by atoms with E-state index in [4.69, 9.17) is 45.4 Å². The van der Waals surface area contributed by atoms with Crippen molar-refractivity contribution in [2.24, 2.45) is 40.4 Å². The largest absolute Gasteiger partial charge is 0.508 e. The van der Waals surface area contributed by atoms with Crippen LogP contribution in [-0.2, 0) is 33.2 Å². The van der Waals surface area contributed by atoms with Gasteiger partial charge >= 0.3 is 12.3 Å². The van der Waals surface area contributed by atoms with E-state index in [1.165, 1.54) is 44.4 Å². The molecule has 4 rings (SSSR count). The van der Waals surface area contributed by atoms with Crippen molar-refractivity contribution < 1.29 is 42.7 Å². The van der Waals surface area contributed by atoms with Crippen molar-refractivity contribution in [1.29, 1.82) is 0 Å². The standard InChI is InChI=1S/C39H62O9S2/c1-11-12-13-25(20-32(48-36(49)50-10)37(3,4)45-23-42-7)24(2)29-16-17-30-28-15-14-26-21-27(46-34(40)43-8)22-33(47-35(41)44-9)39(26,6)31(28)18-19-38(29,30)5/h14-15,24-25,27,29-33H,11-13,16-23H2,1-10H3/t24-,25+,27+,29+,30-,31?,32?,33-,38+,39-/m0/s1. The summed E-state index contributed by atoms with van der Waals surface area (Å²) in [5.41, 5.74) is 1.79. The fourth-order valence-corrected chi connectivity index (χ4v) is 10.5. The molecule has 0 N–H and O–H groups in total. The molecule has 0 aromatic heterocycles. The van der Waals surface area contributed by atoms with Crippen LogP contribution in [0.5, 0.6) is 0 Å². The third kappa shape index (κ3) is 8.52. The van der Waals surface area contributed by atoms with Crippen molar-refractivity contribution in [2.45, 2.75) is 130 Å². The predicted octanol–water partition coefficient (Wildman–Crippen LogP) is 9.66. The normalized spacial score (nSPS) is 32.2. The number of carbonyl (C=O) groups excluding carboxylic acids is 2. The molecule has 0 heterocycles. The van der Waals surface area contributed by atoms with Gasteiger partial charge in [-0.2, -0.15) is 0 Å². The predicted molar refractivity (Wildman–Crippen MR) is 200 cm³/mol. The van der Waals surface area contributed by atoms with Gasteiger partial charge in [0, 0.05) is 25.4 Å². The van der Waals surface area contributed by atoms with Crippen LogP contribution in [0.1, 0.15) is 106 Å². The van der Waals surface area contributed by atoms with Crippen LogP contribution < -0.4 is 0 Å². The molecule has 4 aliphatic rings. The Balaban J connectivity index is 1.62. The quantitative estimate of drug-likeness (QED) is 0.0968. The van der Waals surface area contributed by atoms with Gasteiger partial charge in [0.15, 0.2) is 0 Å². The topological polar surface area (TPSA) is 98.8 Å². The highest BCUT2D eigenvalue weighted by atomic mass is 32.2. The number of hydrogen-bond acceptors (Lipinski definition) is 11. The molecule has 284 valence electrons. The van der Waals surface area contributed by atoms with Gasteiger partial charge < -0.3 is 33.2 Å². The minimum Gasteiger partial charge on any atom is -0.472 e. The monoisotopic (exact) mass is 738 g/mol. The molecule has 0 saturated heterocycles. The maximum Gasteiger partial charge on any atom is 0.508 e. The zero-order chi connectivity index (χ0) is 36.9. The van der Waals surface area contributed by atoms with E-state index in [1.807, 2.05) is 6.26 Å². The van der Waals surface area contributed by atoms with Crippen molar-refractivity contribution >= 4 is 40.7 Å². The number of allylic oxidation sites excluding steroid dienone is 3. The first-order valence-corrected chi connectivity index (χ1v) is 20.1. The summed E-state index contributed by atoms with van der Waals surface area (Å²) in [6.45, 7) is 13.9. The Morgan fingerprint density at radius 2 is 1.74 bits per heavy atom. The zero-order valence-electron chi connectivity index (χ0n) is 32.0. The van der Waals surface area contributed by atoms with Gasteiger partial charge in [-0.25, -0.2) is 9.59 Å². The lowest BCUT2D eigenvalue weighted by Crippen LogP contribution is -2.54. The number of fused-ring (bicyclic) bond motifs is 5. The number of carbonyl (C=O) groups is 2. The Morgan fingerprint density at radius 1 is 1.04 bits per heavy atom. The second-order valence-electron chi connectivity index (χ2n) is 15.9. The summed E-state index contributed by atoms with van der Waals surface area (Å²) in [5.74, 6) is 2.14. The van der Waals surface area contributed by atoms with Crippen LogP contribution in [0, 0.1) is 40.4 Å². The van der Waals surface area contributed by atoms with Gasteiger partial charge in [-0.1, -0.05) is 82.0 Å². The maximum atomic E-state index is 12.6. The number of thiocarbonyl (C=S) groups is 1. The fraction of sp³-hybridized carbons (Fsp3) is 0.821. The molecular formula is C39H62O9S2. The number of hydrogen-bond donors (Lipinski definition) is 0. The Labute approximate surface area is 310 Å². The van der Waals surface area contributed by atoms with Crippen molar-refractivity contribution in [2.75, 3.05) is 34.4 Å². The highest BCUT2D eigenvalue weighted by Crippen LogP contribution is 2.67. The van der Waals surface area contributed by atoms with Crippen molar-refractivity contribution in [3.05, 3.63) is 23.3 Å². The highest BCUT2D eigenvalue weighted by Gasteiger charge is 2.60. The number of methoxy groups -OCH3 is 3. The first kappa shape index (κ1) is 40.9. The molecule has 0 amide bonds. The van der Waals surface area contributed by atoms with E-state index in [1.54, 1.807) is 7.11 Å². The van der Waals surface area contributed by atoms with Gasteiger partial charge in [0.25, 0.3) is 0 Å². The van der Waals surface area contributed by atoms with Gasteiger partial charge in [-0.05, 0) is 99.4 Å². The smallest absolute Gasteiger partial charge is 0.472 e. The summed E-state index contributed by atoms with van der Waals surface area (Å²) in [7, 11) is 4.28. The number of thioether (sulfide) groups is 1. The Morgan fingerprint density at radius 3 is 2.38 bits per heavy atom. The van der Waals surface area contributed by atoms with Gasteiger partial charge in [0.05, 0.1) is 14.2 Å². The summed E-state index contributed by atoms with van der Waals surface area (Å²) >= 11 is 7.03. The van der Waals surface area contributed by atoms with Crippen LogP contribution >= 0.6 is 24.0 Å². The van der Waals surface area contributed by atoms with Crippen LogP contribution in [0.15, 0.2) is 23.3 Å². The number of ether oxygens (including phenoxy) is 7. The van der Waals surface area contributed by atoms with E-state index in [2.05, 4.69) is 53.7 Å². The zero-order valence-corrected chi connectivity index (χ0v) is 33.7. The lowest BCUT2D eigenvalue weighted by molar-refractivity contribution is -0.160. The lowest BCUT2D eigenvalue weighted by Gasteiger charge is -2.57. The molecule has 0 spiro atoms. The lowest BCUT2D eigenvalue weighted by atomic mass is 9.49. The summed E-state index contributed by atoms with van der Waals surface area (Å²) in [5, 5.41) is 0. The minimum atomic E-state index is -0.726. The molecular weight excluding hydrogens is 677 g/mol. The van der Waals surface area contributed by atoms with E-state index < -0.39 is 35.5 Å². The van der Waals surface area contributed by atoms with Crippen molar-refractivity contribution in [1.82, 2.24) is 0 Å². The van der Waals surface area contributed by atoms with Crippen LogP contribution in [-0.4, -0.2) is 75.0 Å². The molecule has 0 aromatic carbocycles. The van der Waals surface area contributed by atoms with Crippen LogP contribution in [0.2, 0.25) is 0 Å². The average molecular weight is 739 g/mol. The number of rotatable bonds is 14. The molecule has 4 aliphatic carbocycles. The summed E-state index contributed by atoms with van der Waals surface area (Å²) in [4.78, 5) is 24.6. The Kier molecular flexibility index (Phi) is 14.2. The van der Waals surface area contributed by atoms with Crippen molar-refractivity contribution in [3.63, 3.8) is 0 Å². The van der Waals surface area contributed by atoms with Crippen LogP contribution in [0.4, 0.5) is 9.59 Å². The SMILES string of the molecule is CCCC[C@H](CC(OC(=S)SC)C(C)(C)OCOC)[C@H](C)[C@H]1CC[C@H]2C3=CC=C4C[C@@H](OC(=O)OC)C[C@H](OC(=O)OC)[C@]4(C)C3CC[C@]12C. The summed E-state index contributed by atoms with van der Waals surface area (Å²) in [6, 6.07) is 0. The van der Waals surface area contributed by atoms with E-state index in [-0.39, 0.29) is 24.2 Å². The molecule has 0 aromatic rings. The molecule has 9 nitrogen and oxygen atoms in total. The summed E-state index contributed by atoms with van der Waals surface area (Å²) in [6.07, 6.45) is 13.7. The molecule has 3 saturated carbocycles. The van der Waals surface area contributed by atoms with E-state index in [0.717, 1.165) is 44.1 Å². The van der Waals surface area contributed by atoms with Gasteiger partial charge in [-0.15, -0.1) is 0 Å². The molecule has 0 aliphatic heterocycles. The molecule has 11 heteroatoms.